The van der Waals surface area contributed by atoms with Crippen LogP contribution >= 0.6 is 0 Å². The Morgan fingerprint density at radius 3 is 2.44 bits per heavy atom. The fourth-order valence-corrected chi connectivity index (χ4v) is 2.23. The second kappa shape index (κ2) is 8.28. The number of nitrogens with zero attached hydrogens (tertiary/aromatic N) is 1. The standard InChI is InChI=1S/C16H28N2/c1-5-14(2)16(17-3)13-18(4)12-11-15-9-7-6-8-10-15/h6-10,14,16-17H,5,11-13H2,1-4H3. The Morgan fingerprint density at radius 2 is 1.89 bits per heavy atom. The van der Waals surface area contributed by atoms with Gasteiger partial charge in [-0.1, -0.05) is 50.6 Å². The molecule has 2 unspecified atom stereocenters. The van der Waals surface area contributed by atoms with E-state index >= 15 is 0 Å². The van der Waals surface area contributed by atoms with Gasteiger partial charge in [0.05, 0.1) is 0 Å². The summed E-state index contributed by atoms with van der Waals surface area (Å²) in [4.78, 5) is 2.43. The molecule has 102 valence electrons. The van der Waals surface area contributed by atoms with Crippen LogP contribution in [0.4, 0.5) is 0 Å². The number of rotatable bonds is 8. The lowest BCUT2D eigenvalue weighted by Gasteiger charge is -2.28. The van der Waals surface area contributed by atoms with Crippen molar-refractivity contribution in [2.75, 3.05) is 27.2 Å². The van der Waals surface area contributed by atoms with E-state index in [-0.39, 0.29) is 0 Å². The Labute approximate surface area is 112 Å². The highest BCUT2D eigenvalue weighted by Crippen LogP contribution is 2.09. The largest absolute Gasteiger partial charge is 0.315 e. The molecule has 18 heavy (non-hydrogen) atoms. The lowest BCUT2D eigenvalue weighted by Crippen LogP contribution is -2.42. The van der Waals surface area contributed by atoms with Crippen LogP contribution in [0.2, 0.25) is 0 Å². The van der Waals surface area contributed by atoms with E-state index < -0.39 is 0 Å². The maximum absolute atomic E-state index is 3.44. The van der Waals surface area contributed by atoms with Gasteiger partial charge in [0.25, 0.3) is 0 Å². The molecule has 1 aromatic carbocycles. The van der Waals surface area contributed by atoms with Gasteiger partial charge in [-0.05, 0) is 32.0 Å². The zero-order chi connectivity index (χ0) is 13.4. The number of hydrogen-bond donors (Lipinski definition) is 1. The summed E-state index contributed by atoms with van der Waals surface area (Å²) in [5.41, 5.74) is 1.42. The molecule has 1 N–H and O–H groups in total. The van der Waals surface area contributed by atoms with Gasteiger partial charge >= 0.3 is 0 Å². The molecule has 1 aromatic rings. The molecular weight excluding hydrogens is 220 g/mol. The lowest BCUT2D eigenvalue weighted by molar-refractivity contribution is 0.254. The van der Waals surface area contributed by atoms with Crippen LogP contribution in [0, 0.1) is 5.92 Å². The Hall–Kier alpha value is -0.860. The van der Waals surface area contributed by atoms with Crippen molar-refractivity contribution < 1.29 is 0 Å². The summed E-state index contributed by atoms with van der Waals surface area (Å²) >= 11 is 0. The normalized spacial score (nSPS) is 14.7. The maximum atomic E-state index is 3.44. The van der Waals surface area contributed by atoms with Gasteiger partial charge in [0.15, 0.2) is 0 Å². The van der Waals surface area contributed by atoms with E-state index in [2.05, 4.69) is 68.5 Å². The SMILES string of the molecule is CCC(C)C(CN(C)CCc1ccccc1)NC. The van der Waals surface area contributed by atoms with Gasteiger partial charge in [-0.2, -0.15) is 0 Å². The molecule has 2 heteroatoms. The van der Waals surface area contributed by atoms with Gasteiger partial charge in [0.1, 0.15) is 0 Å². The Balaban J connectivity index is 2.34. The van der Waals surface area contributed by atoms with Crippen molar-refractivity contribution in [2.45, 2.75) is 32.7 Å². The van der Waals surface area contributed by atoms with Gasteiger partial charge in [-0.25, -0.2) is 0 Å². The van der Waals surface area contributed by atoms with E-state index in [1.54, 1.807) is 0 Å². The molecule has 2 nitrogen and oxygen atoms in total. The van der Waals surface area contributed by atoms with Gasteiger partial charge in [0, 0.05) is 19.1 Å². The molecule has 0 aromatic heterocycles. The molecule has 0 aliphatic heterocycles. The van der Waals surface area contributed by atoms with E-state index in [4.69, 9.17) is 0 Å². The molecule has 0 amide bonds. The third kappa shape index (κ3) is 5.19. The first-order chi connectivity index (χ1) is 8.67. The fraction of sp³-hybridized carbons (Fsp3) is 0.625. The summed E-state index contributed by atoms with van der Waals surface area (Å²) in [6, 6.07) is 11.3. The first-order valence-corrected chi connectivity index (χ1v) is 7.07. The highest BCUT2D eigenvalue weighted by atomic mass is 15.1. The fourth-order valence-electron chi connectivity index (χ4n) is 2.23. The summed E-state index contributed by atoms with van der Waals surface area (Å²) in [5.74, 6) is 0.731. The summed E-state index contributed by atoms with van der Waals surface area (Å²) < 4.78 is 0. The smallest absolute Gasteiger partial charge is 0.0217 e. The first-order valence-electron chi connectivity index (χ1n) is 7.07. The van der Waals surface area contributed by atoms with Gasteiger partial charge < -0.3 is 10.2 Å². The molecule has 0 saturated heterocycles. The monoisotopic (exact) mass is 248 g/mol. The Kier molecular flexibility index (Phi) is 6.99. The zero-order valence-electron chi connectivity index (χ0n) is 12.3. The van der Waals surface area contributed by atoms with Crippen molar-refractivity contribution in [3.05, 3.63) is 35.9 Å². The summed E-state index contributed by atoms with van der Waals surface area (Å²) in [7, 11) is 4.29. The summed E-state index contributed by atoms with van der Waals surface area (Å²) in [5, 5.41) is 3.44. The first kappa shape index (κ1) is 15.2. The second-order valence-electron chi connectivity index (χ2n) is 5.28. The van der Waals surface area contributed by atoms with Crippen LogP contribution in [0.5, 0.6) is 0 Å². The topological polar surface area (TPSA) is 15.3 Å². The van der Waals surface area contributed by atoms with Crippen LogP contribution < -0.4 is 5.32 Å². The highest BCUT2D eigenvalue weighted by Gasteiger charge is 2.15. The Bertz CT molecular complexity index is 310. The van der Waals surface area contributed by atoms with E-state index in [1.165, 1.54) is 12.0 Å². The van der Waals surface area contributed by atoms with Crippen LogP contribution in [0.25, 0.3) is 0 Å². The van der Waals surface area contributed by atoms with Crippen LogP contribution in [0.1, 0.15) is 25.8 Å². The molecular formula is C16H28N2. The van der Waals surface area contributed by atoms with E-state index in [1.807, 2.05) is 0 Å². The molecule has 0 aliphatic carbocycles. The molecule has 0 spiro atoms. The van der Waals surface area contributed by atoms with Crippen molar-refractivity contribution in [3.63, 3.8) is 0 Å². The zero-order valence-corrected chi connectivity index (χ0v) is 12.3. The van der Waals surface area contributed by atoms with E-state index in [0.29, 0.717) is 6.04 Å². The minimum atomic E-state index is 0.593. The number of likely N-dealkylation sites (N-methyl/N-ethyl adjacent to an activating group) is 2. The molecule has 0 saturated carbocycles. The van der Waals surface area contributed by atoms with E-state index in [9.17, 15) is 0 Å². The van der Waals surface area contributed by atoms with Crippen molar-refractivity contribution in [1.82, 2.24) is 10.2 Å². The lowest BCUT2D eigenvalue weighted by atomic mass is 9.99. The molecule has 2 atom stereocenters. The number of nitrogens with one attached hydrogen (secondary N) is 1. The molecule has 0 aliphatic rings. The predicted molar refractivity (Wildman–Crippen MR) is 79.9 cm³/mol. The average Bonchev–Trinajstić information content (AvgIpc) is 2.42. The van der Waals surface area contributed by atoms with Crippen molar-refractivity contribution in [3.8, 4) is 0 Å². The van der Waals surface area contributed by atoms with Crippen LogP contribution in [-0.2, 0) is 6.42 Å². The van der Waals surface area contributed by atoms with Crippen molar-refractivity contribution >= 4 is 0 Å². The van der Waals surface area contributed by atoms with Crippen LogP contribution in [-0.4, -0.2) is 38.1 Å². The van der Waals surface area contributed by atoms with Gasteiger partial charge in [-0.15, -0.1) is 0 Å². The highest BCUT2D eigenvalue weighted by molar-refractivity contribution is 5.14. The van der Waals surface area contributed by atoms with Gasteiger partial charge in [-0.3, -0.25) is 0 Å². The third-order valence-corrected chi connectivity index (χ3v) is 3.84. The molecule has 1 rings (SSSR count). The number of hydrogen-bond acceptors (Lipinski definition) is 2. The minimum absolute atomic E-state index is 0.593. The third-order valence-electron chi connectivity index (χ3n) is 3.84. The Morgan fingerprint density at radius 1 is 1.22 bits per heavy atom. The quantitative estimate of drug-likeness (QED) is 0.761. The average molecular weight is 248 g/mol. The molecule has 0 bridgehead atoms. The predicted octanol–water partition coefficient (Wildman–Crippen LogP) is 2.80. The second-order valence-corrected chi connectivity index (χ2v) is 5.28. The maximum Gasteiger partial charge on any atom is 0.0217 e. The van der Waals surface area contributed by atoms with Crippen molar-refractivity contribution in [1.29, 1.82) is 0 Å². The molecule has 0 radical (unpaired) electrons. The van der Waals surface area contributed by atoms with Crippen LogP contribution in [0.3, 0.4) is 0 Å². The molecule has 0 fully saturated rings. The minimum Gasteiger partial charge on any atom is -0.315 e. The summed E-state index contributed by atoms with van der Waals surface area (Å²) in [6.07, 6.45) is 2.37. The van der Waals surface area contributed by atoms with E-state index in [0.717, 1.165) is 25.4 Å². The van der Waals surface area contributed by atoms with Crippen LogP contribution in [0.15, 0.2) is 30.3 Å². The van der Waals surface area contributed by atoms with Gasteiger partial charge in [0.2, 0.25) is 0 Å². The molecule has 0 heterocycles. The number of benzene rings is 1. The summed E-state index contributed by atoms with van der Waals surface area (Å²) in [6.45, 7) is 6.84. The van der Waals surface area contributed by atoms with Crippen molar-refractivity contribution in [2.24, 2.45) is 5.92 Å².